The zero-order valence-electron chi connectivity index (χ0n) is 19.6. The van der Waals surface area contributed by atoms with Gasteiger partial charge in [-0.1, -0.05) is 12.1 Å². The van der Waals surface area contributed by atoms with Crippen LogP contribution in [0.5, 0.6) is 0 Å². The van der Waals surface area contributed by atoms with E-state index in [9.17, 15) is 9.18 Å². The molecule has 2 N–H and O–H groups in total. The van der Waals surface area contributed by atoms with Gasteiger partial charge in [0.2, 0.25) is 0 Å². The number of hydrogen-bond acceptors (Lipinski definition) is 6. The van der Waals surface area contributed by atoms with Crippen LogP contribution in [0.4, 0.5) is 10.2 Å². The molecule has 35 heavy (non-hydrogen) atoms. The quantitative estimate of drug-likeness (QED) is 0.506. The van der Waals surface area contributed by atoms with Crippen molar-refractivity contribution in [2.75, 3.05) is 18.0 Å². The highest BCUT2D eigenvalue weighted by Crippen LogP contribution is 2.31. The average Bonchev–Trinajstić information content (AvgIpc) is 3.36. The summed E-state index contributed by atoms with van der Waals surface area (Å²) in [6.45, 7) is 1.77. The maximum Gasteiger partial charge on any atom is 0.303 e. The Morgan fingerprint density at radius 3 is 2.51 bits per heavy atom. The first-order valence-electron chi connectivity index (χ1n) is 12.3. The molecule has 8 nitrogen and oxygen atoms in total. The molecule has 1 aliphatic carbocycles. The van der Waals surface area contributed by atoms with E-state index in [0.29, 0.717) is 23.1 Å². The minimum absolute atomic E-state index is 0.252. The normalized spacial score (nSPS) is 21.2. The maximum absolute atomic E-state index is 13.5. The molecule has 0 amide bonds. The number of aromatic amines is 1. The van der Waals surface area contributed by atoms with Crippen LogP contribution < -0.4 is 4.90 Å². The number of pyridine rings is 1. The van der Waals surface area contributed by atoms with E-state index in [0.717, 1.165) is 63.0 Å². The van der Waals surface area contributed by atoms with Crippen LogP contribution in [0.25, 0.3) is 22.8 Å². The Hall–Kier alpha value is -3.33. The molecule has 5 rings (SSSR count). The Balaban J connectivity index is 1.12. The van der Waals surface area contributed by atoms with Crippen LogP contribution >= 0.6 is 0 Å². The van der Waals surface area contributed by atoms with E-state index in [2.05, 4.69) is 25.1 Å². The SMILES string of the molecule is O=C(O)C[C@H]1CC[C@@H](OC2CCN(c3ccc(-c4nc(-c5cccc(F)c5)n[nH]4)cn3)CC2)CC1. The molecular formula is C26H30FN5O3. The molecule has 2 fully saturated rings. The minimum atomic E-state index is -0.696. The number of rotatable bonds is 7. The molecule has 1 aromatic carbocycles. The highest BCUT2D eigenvalue weighted by molar-refractivity contribution is 5.67. The molecule has 0 radical (unpaired) electrons. The minimum Gasteiger partial charge on any atom is -0.481 e. The van der Waals surface area contributed by atoms with Crippen molar-refractivity contribution in [3.63, 3.8) is 0 Å². The second-order valence-corrected chi connectivity index (χ2v) is 9.49. The summed E-state index contributed by atoms with van der Waals surface area (Å²) in [5.74, 6) is 1.24. The van der Waals surface area contributed by atoms with Crippen LogP contribution in [0.3, 0.4) is 0 Å². The van der Waals surface area contributed by atoms with Gasteiger partial charge < -0.3 is 14.7 Å². The van der Waals surface area contributed by atoms with E-state index < -0.39 is 5.97 Å². The van der Waals surface area contributed by atoms with Gasteiger partial charge in [0.1, 0.15) is 11.6 Å². The van der Waals surface area contributed by atoms with Gasteiger partial charge in [-0.2, -0.15) is 5.10 Å². The van der Waals surface area contributed by atoms with Crippen LogP contribution in [-0.2, 0) is 9.53 Å². The smallest absolute Gasteiger partial charge is 0.303 e. The van der Waals surface area contributed by atoms with Crippen molar-refractivity contribution < 1.29 is 19.0 Å². The number of nitrogens with one attached hydrogen (secondary N) is 1. The summed E-state index contributed by atoms with van der Waals surface area (Å²) in [5, 5.41) is 16.1. The predicted octanol–water partition coefficient (Wildman–Crippen LogP) is 4.69. The van der Waals surface area contributed by atoms with Crippen LogP contribution in [0.15, 0.2) is 42.6 Å². The molecule has 3 heterocycles. The molecule has 0 atom stereocenters. The van der Waals surface area contributed by atoms with Gasteiger partial charge >= 0.3 is 5.97 Å². The molecule has 9 heteroatoms. The molecule has 2 aromatic heterocycles. The first-order chi connectivity index (χ1) is 17.0. The van der Waals surface area contributed by atoms with Crippen molar-refractivity contribution >= 4 is 11.8 Å². The number of aromatic nitrogens is 4. The number of benzene rings is 1. The van der Waals surface area contributed by atoms with E-state index >= 15 is 0 Å². The number of halogens is 1. The van der Waals surface area contributed by atoms with Crippen molar-refractivity contribution in [2.24, 2.45) is 5.92 Å². The highest BCUT2D eigenvalue weighted by atomic mass is 19.1. The summed E-state index contributed by atoms with van der Waals surface area (Å²) in [6, 6.07) is 10.2. The lowest BCUT2D eigenvalue weighted by molar-refractivity contribution is -0.138. The lowest BCUT2D eigenvalue weighted by Gasteiger charge is -2.36. The zero-order chi connectivity index (χ0) is 24.2. The summed E-state index contributed by atoms with van der Waals surface area (Å²) in [4.78, 5) is 22.3. The molecule has 2 aliphatic rings. The largest absolute Gasteiger partial charge is 0.481 e. The van der Waals surface area contributed by atoms with Crippen molar-refractivity contribution in [1.82, 2.24) is 20.2 Å². The van der Waals surface area contributed by atoms with Crippen LogP contribution in [-0.4, -0.2) is 56.5 Å². The number of aliphatic carboxylic acids is 1. The summed E-state index contributed by atoms with van der Waals surface area (Å²) >= 11 is 0. The molecule has 0 bridgehead atoms. The first-order valence-corrected chi connectivity index (χ1v) is 12.3. The summed E-state index contributed by atoms with van der Waals surface area (Å²) in [5.41, 5.74) is 1.44. The molecule has 0 spiro atoms. The Kier molecular flexibility index (Phi) is 7.03. The van der Waals surface area contributed by atoms with E-state index in [-0.39, 0.29) is 24.4 Å². The average molecular weight is 480 g/mol. The highest BCUT2D eigenvalue weighted by Gasteiger charge is 2.28. The number of carboxylic acids is 1. The van der Waals surface area contributed by atoms with Gasteiger partial charge in [0, 0.05) is 36.8 Å². The van der Waals surface area contributed by atoms with E-state index in [1.54, 1.807) is 18.3 Å². The summed E-state index contributed by atoms with van der Waals surface area (Å²) < 4.78 is 19.8. The monoisotopic (exact) mass is 479 g/mol. The fraction of sp³-hybridized carbons (Fsp3) is 0.462. The van der Waals surface area contributed by atoms with E-state index in [1.807, 2.05) is 12.1 Å². The molecule has 184 valence electrons. The predicted molar refractivity (Wildman–Crippen MR) is 129 cm³/mol. The van der Waals surface area contributed by atoms with Crippen LogP contribution in [0.1, 0.15) is 44.9 Å². The number of carboxylic acid groups (broad SMARTS) is 1. The maximum atomic E-state index is 13.5. The molecule has 1 saturated heterocycles. The Bertz CT molecular complexity index is 1140. The van der Waals surface area contributed by atoms with Gasteiger partial charge in [0.25, 0.3) is 0 Å². The standard InChI is InChI=1S/C26H30FN5O3/c27-20-3-1-2-18(15-20)25-29-26(31-30-25)19-6-9-23(28-16-19)32-12-10-22(11-13-32)35-21-7-4-17(5-8-21)14-24(33)34/h1-3,6,9,15-17,21-22H,4-5,7-8,10-14H2,(H,33,34)(H,29,30,31)/t17-,21+. The molecular weight excluding hydrogens is 449 g/mol. The molecule has 3 aromatic rings. The Morgan fingerprint density at radius 1 is 1.06 bits per heavy atom. The summed E-state index contributed by atoms with van der Waals surface area (Å²) in [6.07, 6.45) is 8.30. The fourth-order valence-corrected chi connectivity index (χ4v) is 5.07. The number of hydrogen-bond donors (Lipinski definition) is 2. The van der Waals surface area contributed by atoms with Crippen molar-refractivity contribution in [3.8, 4) is 22.8 Å². The molecule has 1 aliphatic heterocycles. The lowest BCUT2D eigenvalue weighted by atomic mass is 9.85. The Labute approximate surface area is 203 Å². The number of H-pyrrole nitrogens is 1. The third-order valence-electron chi connectivity index (χ3n) is 7.00. The third kappa shape index (κ3) is 5.85. The van der Waals surface area contributed by atoms with E-state index in [1.165, 1.54) is 12.1 Å². The zero-order valence-corrected chi connectivity index (χ0v) is 19.6. The van der Waals surface area contributed by atoms with Crippen molar-refractivity contribution in [1.29, 1.82) is 0 Å². The Morgan fingerprint density at radius 2 is 1.83 bits per heavy atom. The fourth-order valence-electron chi connectivity index (χ4n) is 5.07. The number of carbonyl (C=O) groups is 1. The number of anilines is 1. The number of nitrogens with zero attached hydrogens (tertiary/aromatic N) is 4. The molecule has 0 unspecified atom stereocenters. The lowest BCUT2D eigenvalue weighted by Crippen LogP contribution is -2.39. The number of ether oxygens (including phenoxy) is 1. The van der Waals surface area contributed by atoms with Crippen LogP contribution in [0.2, 0.25) is 0 Å². The van der Waals surface area contributed by atoms with Crippen molar-refractivity contribution in [2.45, 2.75) is 57.2 Å². The van der Waals surface area contributed by atoms with Crippen LogP contribution in [0, 0.1) is 11.7 Å². The van der Waals surface area contributed by atoms with E-state index in [4.69, 9.17) is 9.84 Å². The van der Waals surface area contributed by atoms with Gasteiger partial charge in [-0.25, -0.2) is 14.4 Å². The van der Waals surface area contributed by atoms with Crippen molar-refractivity contribution in [3.05, 3.63) is 48.4 Å². The van der Waals surface area contributed by atoms with Gasteiger partial charge in [0.05, 0.1) is 12.2 Å². The second kappa shape index (κ2) is 10.5. The van der Waals surface area contributed by atoms with Gasteiger partial charge in [0.15, 0.2) is 11.6 Å². The number of piperidine rings is 1. The van der Waals surface area contributed by atoms with Gasteiger partial charge in [-0.05, 0) is 68.7 Å². The summed E-state index contributed by atoms with van der Waals surface area (Å²) in [7, 11) is 0. The molecule has 1 saturated carbocycles. The topological polar surface area (TPSA) is 104 Å². The second-order valence-electron chi connectivity index (χ2n) is 9.49. The van der Waals surface area contributed by atoms with Gasteiger partial charge in [-0.15, -0.1) is 0 Å². The first kappa shape index (κ1) is 23.4. The third-order valence-corrected chi connectivity index (χ3v) is 7.00. The van der Waals surface area contributed by atoms with Gasteiger partial charge in [-0.3, -0.25) is 9.89 Å².